The molecule has 3 aliphatic carbocycles. The van der Waals surface area contributed by atoms with Crippen LogP contribution in [0.2, 0.25) is 0 Å². The molecule has 0 aromatic rings. The van der Waals surface area contributed by atoms with Crippen LogP contribution in [-0.2, 0) is 19.1 Å². The third kappa shape index (κ3) is 7.10. The zero-order valence-electron chi connectivity index (χ0n) is 24.5. The van der Waals surface area contributed by atoms with E-state index in [0.29, 0.717) is 41.9 Å². The normalized spacial score (nSPS) is 38.9. The number of nitriles is 1. The van der Waals surface area contributed by atoms with Crippen molar-refractivity contribution in [2.24, 2.45) is 46.8 Å². The van der Waals surface area contributed by atoms with Crippen LogP contribution in [0.15, 0.2) is 0 Å². The third-order valence-electron chi connectivity index (χ3n) is 10.8. The quantitative estimate of drug-likeness (QED) is 0.243. The summed E-state index contributed by atoms with van der Waals surface area (Å²) in [6.07, 6.45) is 14.1. The Balaban J connectivity index is 1.87. The molecule has 3 saturated carbocycles. The zero-order chi connectivity index (χ0) is 27.2. The molecule has 5 heteroatoms. The van der Waals surface area contributed by atoms with E-state index in [4.69, 9.17) is 14.7 Å². The number of ether oxygens (including phenoxy) is 2. The monoisotopic (exact) mass is 515 g/mol. The highest BCUT2D eigenvalue weighted by Crippen LogP contribution is 2.62. The van der Waals surface area contributed by atoms with Gasteiger partial charge in [0.25, 0.3) is 0 Å². The first-order valence-electron chi connectivity index (χ1n) is 15.3. The maximum atomic E-state index is 12.4. The molecule has 0 aromatic heterocycles. The molecule has 210 valence electrons. The molecular formula is C32H53NO4. The van der Waals surface area contributed by atoms with Crippen molar-refractivity contribution in [3.05, 3.63) is 0 Å². The van der Waals surface area contributed by atoms with Gasteiger partial charge in [-0.15, -0.1) is 0 Å². The van der Waals surface area contributed by atoms with Crippen LogP contribution in [0.4, 0.5) is 0 Å². The summed E-state index contributed by atoms with van der Waals surface area (Å²) in [5.74, 6) is 3.25. The Morgan fingerprint density at radius 2 is 1.76 bits per heavy atom. The second-order valence-corrected chi connectivity index (χ2v) is 13.1. The van der Waals surface area contributed by atoms with Gasteiger partial charge in [-0.05, 0) is 85.9 Å². The first kappa shape index (κ1) is 30.0. The second-order valence-electron chi connectivity index (χ2n) is 13.1. The van der Waals surface area contributed by atoms with E-state index >= 15 is 0 Å². The number of hydrogen-bond acceptors (Lipinski definition) is 5. The van der Waals surface area contributed by atoms with Crippen LogP contribution in [0.5, 0.6) is 0 Å². The predicted octanol–water partition coefficient (Wildman–Crippen LogP) is 7.86. The Bertz CT molecular complexity index is 805. The summed E-state index contributed by atoms with van der Waals surface area (Å²) in [7, 11) is 0. The molecule has 0 radical (unpaired) electrons. The summed E-state index contributed by atoms with van der Waals surface area (Å²) in [5.41, 5.74) is 0.190. The molecule has 0 heterocycles. The maximum absolute atomic E-state index is 12.4. The molecule has 0 saturated heterocycles. The summed E-state index contributed by atoms with van der Waals surface area (Å²) in [5, 5.41) is 8.88. The van der Waals surface area contributed by atoms with Gasteiger partial charge in [0.2, 0.25) is 0 Å². The van der Waals surface area contributed by atoms with E-state index in [-0.39, 0.29) is 29.6 Å². The fraction of sp³-hybridized carbons (Fsp3) is 0.906. The molecule has 0 aliphatic heterocycles. The molecule has 3 fully saturated rings. The molecule has 0 aromatic carbocycles. The van der Waals surface area contributed by atoms with Crippen molar-refractivity contribution in [3.8, 4) is 6.07 Å². The number of unbranched alkanes of at least 4 members (excludes halogenated alkanes) is 2. The van der Waals surface area contributed by atoms with E-state index < -0.39 is 0 Å². The van der Waals surface area contributed by atoms with Gasteiger partial charge in [0.15, 0.2) is 0 Å². The summed E-state index contributed by atoms with van der Waals surface area (Å²) in [4.78, 5) is 24.2. The predicted molar refractivity (Wildman–Crippen MR) is 146 cm³/mol. The molecular weight excluding hydrogens is 462 g/mol. The number of rotatable bonds is 8. The summed E-state index contributed by atoms with van der Waals surface area (Å²) in [6.45, 7) is 12.7. The molecule has 0 N–H and O–H groups in total. The smallest absolute Gasteiger partial charge is 0.302 e. The number of carbonyl (C=O) groups is 2. The lowest BCUT2D eigenvalue weighted by Gasteiger charge is -2.61. The average molecular weight is 516 g/mol. The minimum Gasteiger partial charge on any atom is -0.463 e. The molecule has 10 atom stereocenters. The number of carbonyl (C=O) groups excluding carboxylic acids is 2. The van der Waals surface area contributed by atoms with Crippen molar-refractivity contribution in [2.75, 3.05) is 0 Å². The largest absolute Gasteiger partial charge is 0.463 e. The van der Waals surface area contributed by atoms with Gasteiger partial charge in [-0.25, -0.2) is 0 Å². The minimum absolute atomic E-state index is 0.0147. The third-order valence-corrected chi connectivity index (χ3v) is 10.8. The molecule has 0 amide bonds. The summed E-state index contributed by atoms with van der Waals surface area (Å²) >= 11 is 0. The number of hydrogen-bond donors (Lipinski definition) is 0. The summed E-state index contributed by atoms with van der Waals surface area (Å²) in [6, 6.07) is 2.29. The Kier molecular flexibility index (Phi) is 10.9. The lowest BCUT2D eigenvalue weighted by Crippen LogP contribution is -2.59. The number of esters is 2. The second kappa shape index (κ2) is 13.5. The lowest BCUT2D eigenvalue weighted by atomic mass is 9.45. The first-order chi connectivity index (χ1) is 17.6. The van der Waals surface area contributed by atoms with Crippen LogP contribution < -0.4 is 0 Å². The maximum Gasteiger partial charge on any atom is 0.302 e. The van der Waals surface area contributed by atoms with E-state index in [1.807, 2.05) is 0 Å². The van der Waals surface area contributed by atoms with Gasteiger partial charge < -0.3 is 9.47 Å². The van der Waals surface area contributed by atoms with Gasteiger partial charge in [-0.2, -0.15) is 5.26 Å². The van der Waals surface area contributed by atoms with Crippen molar-refractivity contribution < 1.29 is 19.1 Å². The van der Waals surface area contributed by atoms with Crippen LogP contribution in [0.3, 0.4) is 0 Å². The van der Waals surface area contributed by atoms with Gasteiger partial charge in [-0.1, -0.05) is 59.8 Å². The Hall–Kier alpha value is -1.57. The van der Waals surface area contributed by atoms with Gasteiger partial charge in [0.05, 0.1) is 6.07 Å². The van der Waals surface area contributed by atoms with Crippen LogP contribution in [0, 0.1) is 58.2 Å². The van der Waals surface area contributed by atoms with Gasteiger partial charge >= 0.3 is 11.9 Å². The van der Waals surface area contributed by atoms with Crippen LogP contribution in [-0.4, -0.2) is 24.1 Å². The average Bonchev–Trinajstić information content (AvgIpc) is 2.92. The molecule has 3 rings (SSSR count). The fourth-order valence-electron chi connectivity index (χ4n) is 8.98. The Morgan fingerprint density at radius 3 is 2.41 bits per heavy atom. The summed E-state index contributed by atoms with van der Waals surface area (Å²) < 4.78 is 12.0. The molecule has 37 heavy (non-hydrogen) atoms. The van der Waals surface area contributed by atoms with E-state index in [9.17, 15) is 9.59 Å². The van der Waals surface area contributed by atoms with Crippen molar-refractivity contribution in [1.82, 2.24) is 0 Å². The Morgan fingerprint density at radius 1 is 1.03 bits per heavy atom. The number of fused-ring (bicyclic) bond motifs is 3. The van der Waals surface area contributed by atoms with Crippen molar-refractivity contribution >= 4 is 11.9 Å². The lowest BCUT2D eigenvalue weighted by molar-refractivity contribution is -0.199. The molecule has 4 unspecified atom stereocenters. The van der Waals surface area contributed by atoms with Crippen molar-refractivity contribution in [1.29, 1.82) is 5.26 Å². The van der Waals surface area contributed by atoms with Gasteiger partial charge in [0, 0.05) is 26.2 Å². The molecule has 0 bridgehead atoms. The first-order valence-corrected chi connectivity index (χ1v) is 15.3. The van der Waals surface area contributed by atoms with E-state index in [2.05, 4.69) is 33.8 Å². The van der Waals surface area contributed by atoms with Gasteiger partial charge in [-0.3, -0.25) is 9.59 Å². The highest BCUT2D eigenvalue weighted by molar-refractivity contribution is 5.66. The van der Waals surface area contributed by atoms with Crippen molar-refractivity contribution in [3.63, 3.8) is 0 Å². The van der Waals surface area contributed by atoms with Gasteiger partial charge in [0.1, 0.15) is 12.2 Å². The topological polar surface area (TPSA) is 76.4 Å². The highest BCUT2D eigenvalue weighted by Gasteiger charge is 2.59. The molecule has 5 nitrogen and oxygen atoms in total. The van der Waals surface area contributed by atoms with Crippen LogP contribution in [0.1, 0.15) is 125 Å². The zero-order valence-corrected chi connectivity index (χ0v) is 24.5. The van der Waals surface area contributed by atoms with Crippen LogP contribution in [0.25, 0.3) is 0 Å². The molecule has 0 spiro atoms. The van der Waals surface area contributed by atoms with E-state index in [1.54, 1.807) is 6.92 Å². The van der Waals surface area contributed by atoms with Crippen molar-refractivity contribution in [2.45, 2.75) is 137 Å². The standard InChI is InChI=1S/C32H53NO4/c1-7-27-29-20-26(36-23(4)34)17-18-32(29,6)28-14-11-13-25(21(2)12-9-8-10-19-33)16-15-22(3)30(28)31(27)37-24(5)35/h21-22,25-31H,7-18,20H2,1-6H3/t21-,22+,25?,26-,27-,28?,29?,30+,31-,32?/m1/s1. The SMILES string of the molecule is CC[C@@H]1C2C[C@H](OC(C)=O)CCC2(C)C2CCCC([C@H](C)CCCCC#N)CC[C@H](C)[C@@H]2[C@@H]1OC(C)=O. The van der Waals surface area contributed by atoms with Crippen LogP contribution >= 0.6 is 0 Å². The number of nitrogens with zero attached hydrogens (tertiary/aromatic N) is 1. The Labute approximate surface area is 226 Å². The van der Waals surface area contributed by atoms with E-state index in [0.717, 1.165) is 44.4 Å². The highest BCUT2D eigenvalue weighted by atomic mass is 16.5. The molecule has 3 aliphatic rings. The van der Waals surface area contributed by atoms with E-state index in [1.165, 1.54) is 45.4 Å². The minimum atomic E-state index is -0.185. The fourth-order valence-corrected chi connectivity index (χ4v) is 8.98.